The Kier molecular flexibility index (Phi) is 3.68. The minimum Gasteiger partial charge on any atom is -0.259 e. The van der Waals surface area contributed by atoms with Crippen LogP contribution in [0.3, 0.4) is 0 Å². The highest BCUT2D eigenvalue weighted by Crippen LogP contribution is 2.33. The number of pyridine rings is 1. The van der Waals surface area contributed by atoms with Gasteiger partial charge in [-0.3, -0.25) is 4.98 Å². The van der Waals surface area contributed by atoms with Crippen molar-refractivity contribution in [3.8, 4) is 0 Å². The van der Waals surface area contributed by atoms with Crippen molar-refractivity contribution in [2.45, 2.75) is 36.2 Å². The van der Waals surface area contributed by atoms with Gasteiger partial charge in [0.25, 0.3) is 0 Å². The SMILES string of the molecule is CC(C)(C)Sc1cccnc1CS. The van der Waals surface area contributed by atoms with E-state index in [-0.39, 0.29) is 4.75 Å². The van der Waals surface area contributed by atoms with Gasteiger partial charge in [-0.15, -0.1) is 11.8 Å². The van der Waals surface area contributed by atoms with Crippen LogP contribution < -0.4 is 0 Å². The summed E-state index contributed by atoms with van der Waals surface area (Å²) in [6.07, 6.45) is 1.82. The molecule has 1 aromatic rings. The van der Waals surface area contributed by atoms with Gasteiger partial charge in [-0.25, -0.2) is 0 Å². The zero-order valence-electron chi connectivity index (χ0n) is 8.24. The van der Waals surface area contributed by atoms with E-state index in [4.69, 9.17) is 0 Å². The zero-order valence-corrected chi connectivity index (χ0v) is 9.95. The first kappa shape index (κ1) is 10.9. The third kappa shape index (κ3) is 3.61. The number of thiol groups is 1. The maximum Gasteiger partial charge on any atom is 0.0635 e. The molecule has 0 bridgehead atoms. The van der Waals surface area contributed by atoms with Crippen LogP contribution in [0.5, 0.6) is 0 Å². The van der Waals surface area contributed by atoms with Gasteiger partial charge >= 0.3 is 0 Å². The maximum atomic E-state index is 4.28. The van der Waals surface area contributed by atoms with Gasteiger partial charge in [-0.2, -0.15) is 12.6 Å². The van der Waals surface area contributed by atoms with E-state index in [2.05, 4.69) is 44.5 Å². The molecule has 1 heterocycles. The Labute approximate surface area is 89.8 Å². The summed E-state index contributed by atoms with van der Waals surface area (Å²) in [5.41, 5.74) is 1.07. The van der Waals surface area contributed by atoms with Crippen molar-refractivity contribution in [2.75, 3.05) is 0 Å². The van der Waals surface area contributed by atoms with Crippen LogP contribution in [0.25, 0.3) is 0 Å². The first-order chi connectivity index (χ1) is 6.03. The van der Waals surface area contributed by atoms with E-state index in [1.54, 1.807) is 0 Å². The van der Waals surface area contributed by atoms with Crippen molar-refractivity contribution in [2.24, 2.45) is 0 Å². The maximum absolute atomic E-state index is 4.28. The molecule has 0 aromatic carbocycles. The normalized spacial score (nSPS) is 11.7. The summed E-state index contributed by atoms with van der Waals surface area (Å²) in [6, 6.07) is 4.08. The standard InChI is InChI=1S/C10H15NS2/c1-10(2,3)13-9-5-4-6-11-8(9)7-12/h4-6,12H,7H2,1-3H3. The summed E-state index contributed by atoms with van der Waals surface area (Å²) < 4.78 is 0.237. The van der Waals surface area contributed by atoms with Gasteiger partial charge in [0.2, 0.25) is 0 Å². The minimum atomic E-state index is 0.237. The molecule has 0 saturated heterocycles. The van der Waals surface area contributed by atoms with Crippen LogP contribution in [0.15, 0.2) is 23.2 Å². The van der Waals surface area contributed by atoms with E-state index in [9.17, 15) is 0 Å². The molecular formula is C10H15NS2. The lowest BCUT2D eigenvalue weighted by molar-refractivity contribution is 0.801. The Morgan fingerprint density at radius 1 is 1.46 bits per heavy atom. The summed E-state index contributed by atoms with van der Waals surface area (Å²) in [4.78, 5) is 5.52. The summed E-state index contributed by atoms with van der Waals surface area (Å²) in [6.45, 7) is 6.60. The van der Waals surface area contributed by atoms with Crippen molar-refractivity contribution in [3.63, 3.8) is 0 Å². The Morgan fingerprint density at radius 3 is 2.69 bits per heavy atom. The molecule has 0 spiro atoms. The lowest BCUT2D eigenvalue weighted by Crippen LogP contribution is -2.07. The van der Waals surface area contributed by atoms with E-state index in [1.807, 2.05) is 24.0 Å². The zero-order chi connectivity index (χ0) is 9.90. The van der Waals surface area contributed by atoms with Gasteiger partial charge in [0, 0.05) is 21.6 Å². The fourth-order valence-corrected chi connectivity index (χ4v) is 2.37. The number of hydrogen-bond donors (Lipinski definition) is 1. The molecule has 72 valence electrons. The monoisotopic (exact) mass is 213 g/mol. The molecule has 0 aliphatic carbocycles. The van der Waals surface area contributed by atoms with E-state index < -0.39 is 0 Å². The molecule has 13 heavy (non-hydrogen) atoms. The van der Waals surface area contributed by atoms with Gasteiger partial charge in [0.05, 0.1) is 5.69 Å². The topological polar surface area (TPSA) is 12.9 Å². The molecule has 0 aliphatic heterocycles. The Morgan fingerprint density at radius 2 is 2.15 bits per heavy atom. The molecule has 0 fully saturated rings. The quantitative estimate of drug-likeness (QED) is 0.597. The average Bonchev–Trinajstić information content (AvgIpc) is 2.02. The van der Waals surface area contributed by atoms with Crippen LogP contribution >= 0.6 is 24.4 Å². The van der Waals surface area contributed by atoms with Crippen molar-refractivity contribution in [3.05, 3.63) is 24.0 Å². The second kappa shape index (κ2) is 4.38. The van der Waals surface area contributed by atoms with Gasteiger partial charge in [-0.1, -0.05) is 20.8 Å². The molecule has 0 unspecified atom stereocenters. The van der Waals surface area contributed by atoms with E-state index >= 15 is 0 Å². The van der Waals surface area contributed by atoms with E-state index in [1.165, 1.54) is 4.90 Å². The third-order valence-electron chi connectivity index (χ3n) is 1.41. The molecule has 0 N–H and O–H groups in total. The van der Waals surface area contributed by atoms with Crippen LogP contribution in [0.2, 0.25) is 0 Å². The highest BCUT2D eigenvalue weighted by Gasteiger charge is 2.14. The molecule has 0 saturated carbocycles. The number of thioether (sulfide) groups is 1. The molecule has 3 heteroatoms. The molecule has 1 aromatic heterocycles. The fraction of sp³-hybridized carbons (Fsp3) is 0.500. The van der Waals surface area contributed by atoms with Gasteiger partial charge in [-0.05, 0) is 12.1 Å². The van der Waals surface area contributed by atoms with Gasteiger partial charge in [0.15, 0.2) is 0 Å². The van der Waals surface area contributed by atoms with Gasteiger partial charge in [0.1, 0.15) is 0 Å². The number of aromatic nitrogens is 1. The molecule has 1 nitrogen and oxygen atoms in total. The minimum absolute atomic E-state index is 0.237. The number of nitrogens with zero attached hydrogens (tertiary/aromatic N) is 1. The van der Waals surface area contributed by atoms with Gasteiger partial charge < -0.3 is 0 Å². The predicted molar refractivity (Wildman–Crippen MR) is 62.5 cm³/mol. The summed E-state index contributed by atoms with van der Waals surface area (Å²) in [5.74, 6) is 0.708. The van der Waals surface area contributed by atoms with E-state index in [0.29, 0.717) is 5.75 Å². The summed E-state index contributed by atoms with van der Waals surface area (Å²) in [5, 5.41) is 0. The molecule has 0 radical (unpaired) electrons. The smallest absolute Gasteiger partial charge is 0.0635 e. The van der Waals surface area contributed by atoms with Crippen LogP contribution in [0.1, 0.15) is 26.5 Å². The van der Waals surface area contributed by atoms with Crippen molar-refractivity contribution in [1.29, 1.82) is 0 Å². The number of rotatable bonds is 2. The molecular weight excluding hydrogens is 198 g/mol. The lowest BCUT2D eigenvalue weighted by Gasteiger charge is -2.18. The second-order valence-electron chi connectivity index (χ2n) is 3.82. The molecule has 1 rings (SSSR count). The second-order valence-corrected chi connectivity index (χ2v) is 6.01. The van der Waals surface area contributed by atoms with Crippen molar-refractivity contribution in [1.82, 2.24) is 4.98 Å². The summed E-state index contributed by atoms with van der Waals surface area (Å²) in [7, 11) is 0. The summed E-state index contributed by atoms with van der Waals surface area (Å²) >= 11 is 6.09. The Balaban J connectivity index is 2.87. The largest absolute Gasteiger partial charge is 0.259 e. The average molecular weight is 213 g/mol. The molecule has 0 atom stereocenters. The van der Waals surface area contributed by atoms with Crippen molar-refractivity contribution >= 4 is 24.4 Å². The molecule has 0 aliphatic rings. The highest BCUT2D eigenvalue weighted by molar-refractivity contribution is 8.00. The van der Waals surface area contributed by atoms with Crippen LogP contribution in [-0.2, 0) is 5.75 Å². The van der Waals surface area contributed by atoms with Crippen LogP contribution in [0.4, 0.5) is 0 Å². The first-order valence-corrected chi connectivity index (χ1v) is 5.71. The van der Waals surface area contributed by atoms with Crippen LogP contribution in [-0.4, -0.2) is 9.73 Å². The lowest BCUT2D eigenvalue weighted by atomic mass is 10.3. The first-order valence-electron chi connectivity index (χ1n) is 4.27. The highest BCUT2D eigenvalue weighted by atomic mass is 32.2. The third-order valence-corrected chi connectivity index (χ3v) is 2.92. The molecule has 0 amide bonds. The Bertz CT molecular complexity index is 278. The van der Waals surface area contributed by atoms with E-state index in [0.717, 1.165) is 5.69 Å². The fourth-order valence-electron chi connectivity index (χ4n) is 0.965. The van der Waals surface area contributed by atoms with Crippen LogP contribution in [0, 0.1) is 0 Å². The predicted octanol–water partition coefficient (Wildman–Crippen LogP) is 3.40. The Hall–Kier alpha value is -0.150. The number of hydrogen-bond acceptors (Lipinski definition) is 3. The van der Waals surface area contributed by atoms with Crippen molar-refractivity contribution < 1.29 is 0 Å².